The number of rotatable bonds is 6. The van der Waals surface area contributed by atoms with E-state index >= 15 is 0 Å². The van der Waals surface area contributed by atoms with Crippen molar-refractivity contribution in [1.29, 1.82) is 5.26 Å². The lowest BCUT2D eigenvalue weighted by Crippen LogP contribution is -2.11. The average molecular weight is 330 g/mol. The van der Waals surface area contributed by atoms with Crippen LogP contribution in [0.25, 0.3) is 0 Å². The molecule has 118 valence electrons. The van der Waals surface area contributed by atoms with Gasteiger partial charge in [0, 0.05) is 25.1 Å². The molecule has 1 aliphatic rings. The Bertz CT molecular complexity index is 846. The van der Waals surface area contributed by atoms with E-state index in [1.165, 1.54) is 6.07 Å². The summed E-state index contributed by atoms with van der Waals surface area (Å²) >= 11 is 5.22. The fraction of sp³-hybridized carbons (Fsp3) is 0.357. The van der Waals surface area contributed by atoms with Crippen LogP contribution in [0.1, 0.15) is 30.3 Å². The van der Waals surface area contributed by atoms with Gasteiger partial charge >= 0.3 is 0 Å². The van der Waals surface area contributed by atoms with Crippen molar-refractivity contribution in [2.45, 2.75) is 25.3 Å². The molecule has 1 fully saturated rings. The Balaban J connectivity index is 1.71. The summed E-state index contributed by atoms with van der Waals surface area (Å²) in [6.07, 6.45) is 2.81. The highest BCUT2D eigenvalue weighted by atomic mass is 32.1. The quantitative estimate of drug-likeness (QED) is 0.478. The molecule has 0 aliphatic heterocycles. The number of nitrogens with zero attached hydrogens (tertiary/aromatic N) is 4. The third-order valence-electron chi connectivity index (χ3n) is 3.68. The summed E-state index contributed by atoms with van der Waals surface area (Å²) in [6, 6.07) is 6.70. The van der Waals surface area contributed by atoms with Crippen LogP contribution >= 0.6 is 12.2 Å². The molecule has 8 nitrogen and oxygen atoms in total. The zero-order valence-corrected chi connectivity index (χ0v) is 13.0. The summed E-state index contributed by atoms with van der Waals surface area (Å²) in [5.41, 5.74) is 0.545. The molecule has 1 aromatic heterocycles. The normalized spacial score (nSPS) is 13.5. The van der Waals surface area contributed by atoms with E-state index in [1.54, 1.807) is 12.1 Å². The second-order valence-electron chi connectivity index (χ2n) is 5.32. The number of nitriles is 1. The Kier molecular flexibility index (Phi) is 4.08. The number of hydrogen-bond acceptors (Lipinski definition) is 6. The average Bonchev–Trinajstić information content (AvgIpc) is 3.31. The fourth-order valence-electron chi connectivity index (χ4n) is 2.43. The Labute approximate surface area is 136 Å². The number of nitro groups is 1. The second kappa shape index (κ2) is 6.18. The van der Waals surface area contributed by atoms with E-state index in [0.717, 1.165) is 18.7 Å². The SMILES string of the molecule is N#Cc1ccc(NCCc2n[nH]c(=S)n2C2CC2)c([N+](=O)[O-])c1. The summed E-state index contributed by atoms with van der Waals surface area (Å²) in [5, 5.41) is 30.0. The van der Waals surface area contributed by atoms with Crippen molar-refractivity contribution in [3.05, 3.63) is 44.5 Å². The lowest BCUT2D eigenvalue weighted by molar-refractivity contribution is -0.384. The number of benzene rings is 1. The summed E-state index contributed by atoms with van der Waals surface area (Å²) < 4.78 is 2.64. The molecule has 2 aromatic rings. The van der Waals surface area contributed by atoms with E-state index in [9.17, 15) is 10.1 Å². The summed E-state index contributed by atoms with van der Waals surface area (Å²) in [7, 11) is 0. The number of aromatic amines is 1. The van der Waals surface area contributed by atoms with E-state index in [0.29, 0.717) is 29.5 Å². The van der Waals surface area contributed by atoms with Gasteiger partial charge in [0.1, 0.15) is 11.5 Å². The van der Waals surface area contributed by atoms with Crippen LogP contribution in [0.15, 0.2) is 18.2 Å². The van der Waals surface area contributed by atoms with E-state index in [2.05, 4.69) is 15.5 Å². The molecule has 0 amide bonds. The van der Waals surface area contributed by atoms with Gasteiger partial charge in [-0.15, -0.1) is 0 Å². The molecule has 3 rings (SSSR count). The number of nitrogens with one attached hydrogen (secondary N) is 2. The molecule has 0 saturated heterocycles. The van der Waals surface area contributed by atoms with Crippen LogP contribution in [0.2, 0.25) is 0 Å². The minimum atomic E-state index is -0.497. The maximum atomic E-state index is 11.1. The van der Waals surface area contributed by atoms with Crippen LogP contribution in [0.3, 0.4) is 0 Å². The third-order valence-corrected chi connectivity index (χ3v) is 3.97. The van der Waals surface area contributed by atoms with Gasteiger partial charge in [0.25, 0.3) is 5.69 Å². The first-order chi connectivity index (χ1) is 11.1. The molecule has 0 unspecified atom stereocenters. The molecule has 1 saturated carbocycles. The van der Waals surface area contributed by atoms with E-state index in [4.69, 9.17) is 17.5 Å². The summed E-state index contributed by atoms with van der Waals surface area (Å²) in [6.45, 7) is 0.485. The Morgan fingerprint density at radius 1 is 1.57 bits per heavy atom. The monoisotopic (exact) mass is 330 g/mol. The van der Waals surface area contributed by atoms with Crippen molar-refractivity contribution in [3.63, 3.8) is 0 Å². The van der Waals surface area contributed by atoms with Crippen molar-refractivity contribution >= 4 is 23.6 Å². The maximum Gasteiger partial charge on any atom is 0.293 e. The number of H-pyrrole nitrogens is 1. The predicted molar refractivity (Wildman–Crippen MR) is 85.7 cm³/mol. The van der Waals surface area contributed by atoms with Crippen molar-refractivity contribution in [2.24, 2.45) is 0 Å². The molecule has 0 radical (unpaired) electrons. The van der Waals surface area contributed by atoms with Crippen LogP contribution in [0, 0.1) is 26.2 Å². The summed E-state index contributed by atoms with van der Waals surface area (Å²) in [5.74, 6) is 0.848. The molecule has 0 bridgehead atoms. The van der Waals surface area contributed by atoms with Crippen LogP contribution in [-0.4, -0.2) is 26.2 Å². The van der Waals surface area contributed by atoms with Gasteiger partial charge in [-0.05, 0) is 37.2 Å². The fourth-order valence-corrected chi connectivity index (χ4v) is 2.73. The smallest absolute Gasteiger partial charge is 0.293 e. The van der Waals surface area contributed by atoms with E-state index < -0.39 is 4.92 Å². The van der Waals surface area contributed by atoms with Gasteiger partial charge < -0.3 is 9.88 Å². The lowest BCUT2D eigenvalue weighted by Gasteiger charge is -2.08. The van der Waals surface area contributed by atoms with Crippen LogP contribution < -0.4 is 5.32 Å². The van der Waals surface area contributed by atoms with Gasteiger partial charge in [-0.1, -0.05) is 0 Å². The van der Waals surface area contributed by atoms with E-state index in [1.807, 2.05) is 10.6 Å². The molecule has 1 heterocycles. The zero-order chi connectivity index (χ0) is 16.4. The predicted octanol–water partition coefficient (Wildman–Crippen LogP) is 2.71. The molecular weight excluding hydrogens is 316 g/mol. The molecule has 2 N–H and O–H groups in total. The van der Waals surface area contributed by atoms with Gasteiger partial charge in [-0.25, -0.2) is 0 Å². The number of anilines is 1. The maximum absolute atomic E-state index is 11.1. The van der Waals surface area contributed by atoms with Gasteiger partial charge in [-0.2, -0.15) is 10.4 Å². The minimum absolute atomic E-state index is 0.106. The topological polar surface area (TPSA) is 113 Å². The zero-order valence-electron chi connectivity index (χ0n) is 12.2. The highest BCUT2D eigenvalue weighted by molar-refractivity contribution is 7.71. The second-order valence-corrected chi connectivity index (χ2v) is 5.71. The third kappa shape index (κ3) is 3.22. The standard InChI is InChI=1S/C14H14N6O2S/c15-8-9-1-4-11(12(7-9)20(21)22)16-6-5-13-17-18-14(23)19(13)10-2-3-10/h1,4,7,10,16H,2-3,5-6H2,(H,18,23). The van der Waals surface area contributed by atoms with Crippen molar-refractivity contribution in [2.75, 3.05) is 11.9 Å². The molecule has 0 spiro atoms. The van der Waals surface area contributed by atoms with Gasteiger partial charge in [0.05, 0.1) is 16.6 Å². The van der Waals surface area contributed by atoms with Crippen molar-refractivity contribution in [1.82, 2.24) is 14.8 Å². The lowest BCUT2D eigenvalue weighted by atomic mass is 10.2. The van der Waals surface area contributed by atoms with Crippen LogP contribution in [0.4, 0.5) is 11.4 Å². The van der Waals surface area contributed by atoms with Gasteiger partial charge in [-0.3, -0.25) is 15.2 Å². The molecule has 1 aliphatic carbocycles. The Morgan fingerprint density at radius 2 is 2.35 bits per heavy atom. The highest BCUT2D eigenvalue weighted by Crippen LogP contribution is 2.35. The van der Waals surface area contributed by atoms with Gasteiger partial charge in [0.2, 0.25) is 0 Å². The molecular formula is C14H14N6O2S. The van der Waals surface area contributed by atoms with Crippen molar-refractivity contribution < 1.29 is 4.92 Å². The highest BCUT2D eigenvalue weighted by Gasteiger charge is 2.27. The molecule has 1 aromatic carbocycles. The minimum Gasteiger partial charge on any atom is -0.379 e. The first-order valence-electron chi connectivity index (χ1n) is 7.18. The summed E-state index contributed by atoms with van der Waals surface area (Å²) in [4.78, 5) is 10.6. The van der Waals surface area contributed by atoms with Crippen molar-refractivity contribution in [3.8, 4) is 6.07 Å². The molecule has 23 heavy (non-hydrogen) atoms. The number of hydrogen-bond donors (Lipinski definition) is 2. The molecule has 0 atom stereocenters. The Morgan fingerprint density at radius 3 is 3.00 bits per heavy atom. The molecule has 9 heteroatoms. The largest absolute Gasteiger partial charge is 0.379 e. The first-order valence-corrected chi connectivity index (χ1v) is 7.59. The number of nitro benzene ring substituents is 1. The van der Waals surface area contributed by atoms with Crippen LogP contribution in [0.5, 0.6) is 0 Å². The van der Waals surface area contributed by atoms with Gasteiger partial charge in [0.15, 0.2) is 4.77 Å². The van der Waals surface area contributed by atoms with Crippen LogP contribution in [-0.2, 0) is 6.42 Å². The van der Waals surface area contributed by atoms with E-state index in [-0.39, 0.29) is 11.3 Å². The number of aromatic nitrogens is 3. The Hall–Kier alpha value is -2.73. The first kappa shape index (κ1) is 15.2.